The highest BCUT2D eigenvalue weighted by Crippen LogP contribution is 2.37. The molecule has 0 aromatic rings. The van der Waals surface area contributed by atoms with E-state index in [-0.39, 0.29) is 11.5 Å². The van der Waals surface area contributed by atoms with Crippen molar-refractivity contribution in [3.05, 3.63) is 0 Å². The van der Waals surface area contributed by atoms with Gasteiger partial charge in [-0.05, 0) is 50.9 Å². The topological polar surface area (TPSA) is 53.6 Å². The number of likely N-dealkylation sites (tertiary alicyclic amines) is 1. The number of ether oxygens (including phenoxy) is 1. The number of hydrogen-bond acceptors (Lipinski definition) is 4. The summed E-state index contributed by atoms with van der Waals surface area (Å²) < 4.78 is 6.21. The van der Waals surface area contributed by atoms with Crippen molar-refractivity contribution in [2.75, 3.05) is 32.8 Å². The zero-order valence-corrected chi connectivity index (χ0v) is 15.6. The maximum atomic E-state index is 12.3. The average molecular weight is 350 g/mol. The van der Waals surface area contributed by atoms with E-state index in [0.29, 0.717) is 18.5 Å². The van der Waals surface area contributed by atoms with Gasteiger partial charge in [-0.15, -0.1) is 0 Å². The van der Waals surface area contributed by atoms with Gasteiger partial charge in [0.25, 0.3) is 0 Å². The van der Waals surface area contributed by atoms with Crippen LogP contribution in [0.15, 0.2) is 0 Å². The van der Waals surface area contributed by atoms with Gasteiger partial charge in [-0.1, -0.05) is 19.3 Å². The first-order valence-corrected chi connectivity index (χ1v) is 10.6. The summed E-state index contributed by atoms with van der Waals surface area (Å²) in [5.41, 5.74) is 0.0850. The third kappa shape index (κ3) is 4.95. The van der Waals surface area contributed by atoms with E-state index in [1.54, 1.807) is 0 Å². The van der Waals surface area contributed by atoms with Gasteiger partial charge in [0.2, 0.25) is 5.91 Å². The molecule has 0 aromatic carbocycles. The third-order valence-corrected chi connectivity index (χ3v) is 6.71. The smallest absolute Gasteiger partial charge is 0.234 e. The van der Waals surface area contributed by atoms with E-state index in [1.165, 1.54) is 44.9 Å². The molecular formula is C20H35N3O2. The fourth-order valence-electron chi connectivity index (χ4n) is 4.91. The van der Waals surface area contributed by atoms with Crippen LogP contribution in [0.5, 0.6) is 0 Å². The normalized spacial score (nSPS) is 30.6. The molecule has 4 rings (SSSR count). The Morgan fingerprint density at radius 1 is 1.04 bits per heavy atom. The van der Waals surface area contributed by atoms with Crippen LogP contribution in [-0.4, -0.2) is 61.3 Å². The molecule has 5 heteroatoms. The molecule has 2 aliphatic carbocycles. The summed E-state index contributed by atoms with van der Waals surface area (Å²) in [5, 5.41) is 6.89. The fourth-order valence-corrected chi connectivity index (χ4v) is 4.91. The molecular weight excluding hydrogens is 314 g/mol. The number of nitrogens with one attached hydrogen (secondary N) is 2. The predicted molar refractivity (Wildman–Crippen MR) is 98.5 cm³/mol. The summed E-state index contributed by atoms with van der Waals surface area (Å²) in [6, 6.07) is 1.31. The molecule has 2 saturated carbocycles. The molecule has 1 amide bonds. The summed E-state index contributed by atoms with van der Waals surface area (Å²) in [5.74, 6) is 0.923. The van der Waals surface area contributed by atoms with E-state index < -0.39 is 0 Å². The van der Waals surface area contributed by atoms with Gasteiger partial charge in [0.15, 0.2) is 0 Å². The molecule has 1 unspecified atom stereocenters. The number of nitrogens with zero attached hydrogens (tertiary/aromatic N) is 1. The molecule has 0 aromatic heterocycles. The van der Waals surface area contributed by atoms with Gasteiger partial charge < -0.3 is 15.4 Å². The van der Waals surface area contributed by atoms with Crippen LogP contribution < -0.4 is 10.6 Å². The van der Waals surface area contributed by atoms with Crippen molar-refractivity contribution >= 4 is 5.91 Å². The summed E-state index contributed by atoms with van der Waals surface area (Å²) in [6.07, 6.45) is 12.6. The van der Waals surface area contributed by atoms with E-state index >= 15 is 0 Å². The SMILES string of the molecule is O=C(CN1CCC2(CC1)CC(NC1CC1)CO2)NCC1CCCCC1. The lowest BCUT2D eigenvalue weighted by molar-refractivity contribution is -0.124. The van der Waals surface area contributed by atoms with Gasteiger partial charge in [-0.3, -0.25) is 9.69 Å². The second kappa shape index (κ2) is 7.93. The van der Waals surface area contributed by atoms with Gasteiger partial charge in [0, 0.05) is 31.7 Å². The standard InChI is InChI=1S/C20H35N3O2/c24-19(21-13-16-4-2-1-3-5-16)14-23-10-8-20(9-11-23)12-18(15-25-20)22-17-6-7-17/h16-18,22H,1-15H2,(H,21,24). The van der Waals surface area contributed by atoms with Crippen LogP contribution >= 0.6 is 0 Å². The maximum Gasteiger partial charge on any atom is 0.234 e. The van der Waals surface area contributed by atoms with Gasteiger partial charge in [0.1, 0.15) is 0 Å². The summed E-state index contributed by atoms with van der Waals surface area (Å²) in [6.45, 7) is 4.30. The van der Waals surface area contributed by atoms with Crippen LogP contribution in [0.2, 0.25) is 0 Å². The summed E-state index contributed by atoms with van der Waals surface area (Å²) in [4.78, 5) is 14.6. The van der Waals surface area contributed by atoms with Crippen LogP contribution in [0.1, 0.15) is 64.2 Å². The van der Waals surface area contributed by atoms with Crippen LogP contribution in [0.3, 0.4) is 0 Å². The fraction of sp³-hybridized carbons (Fsp3) is 0.950. The van der Waals surface area contributed by atoms with Crippen molar-refractivity contribution in [2.45, 2.75) is 81.9 Å². The highest BCUT2D eigenvalue weighted by Gasteiger charge is 2.43. The predicted octanol–water partition coefficient (Wildman–Crippen LogP) is 2.06. The first-order valence-electron chi connectivity index (χ1n) is 10.6. The average Bonchev–Trinajstić information content (AvgIpc) is 3.37. The highest BCUT2D eigenvalue weighted by atomic mass is 16.5. The van der Waals surface area contributed by atoms with E-state index in [1.807, 2.05) is 0 Å². The lowest BCUT2D eigenvalue weighted by Crippen LogP contribution is -2.48. The first kappa shape index (κ1) is 17.7. The number of piperidine rings is 1. The Balaban J connectivity index is 1.14. The third-order valence-electron chi connectivity index (χ3n) is 6.71. The monoisotopic (exact) mass is 349 g/mol. The Kier molecular flexibility index (Phi) is 5.63. The number of hydrogen-bond donors (Lipinski definition) is 2. The van der Waals surface area contributed by atoms with E-state index in [4.69, 9.17) is 4.74 Å². The van der Waals surface area contributed by atoms with Crippen molar-refractivity contribution in [1.29, 1.82) is 0 Å². The Labute approximate surface area is 152 Å². The van der Waals surface area contributed by atoms with Crippen molar-refractivity contribution in [3.8, 4) is 0 Å². The molecule has 4 aliphatic rings. The van der Waals surface area contributed by atoms with Gasteiger partial charge in [-0.25, -0.2) is 0 Å². The van der Waals surface area contributed by atoms with E-state index in [0.717, 1.165) is 51.5 Å². The minimum absolute atomic E-state index is 0.0850. The van der Waals surface area contributed by atoms with Gasteiger partial charge >= 0.3 is 0 Å². The molecule has 4 fully saturated rings. The van der Waals surface area contributed by atoms with E-state index in [9.17, 15) is 4.79 Å². The van der Waals surface area contributed by atoms with Crippen molar-refractivity contribution < 1.29 is 9.53 Å². The molecule has 0 bridgehead atoms. The second-order valence-electron chi connectivity index (χ2n) is 8.92. The molecule has 2 N–H and O–H groups in total. The summed E-state index contributed by atoms with van der Waals surface area (Å²) in [7, 11) is 0. The largest absolute Gasteiger partial charge is 0.373 e. The quantitative estimate of drug-likeness (QED) is 0.771. The van der Waals surface area contributed by atoms with Crippen molar-refractivity contribution in [2.24, 2.45) is 5.92 Å². The zero-order chi connectivity index (χ0) is 17.1. The van der Waals surface area contributed by atoms with Crippen molar-refractivity contribution in [1.82, 2.24) is 15.5 Å². The molecule has 25 heavy (non-hydrogen) atoms. The van der Waals surface area contributed by atoms with Crippen LogP contribution in [-0.2, 0) is 9.53 Å². The number of amides is 1. The number of rotatable bonds is 6. The van der Waals surface area contributed by atoms with Crippen LogP contribution in [0.25, 0.3) is 0 Å². The van der Waals surface area contributed by atoms with Gasteiger partial charge in [-0.2, -0.15) is 0 Å². The highest BCUT2D eigenvalue weighted by molar-refractivity contribution is 5.78. The minimum atomic E-state index is 0.0850. The van der Waals surface area contributed by atoms with E-state index in [2.05, 4.69) is 15.5 Å². The minimum Gasteiger partial charge on any atom is -0.373 e. The lowest BCUT2D eigenvalue weighted by Gasteiger charge is -2.38. The molecule has 1 atom stereocenters. The van der Waals surface area contributed by atoms with Crippen LogP contribution in [0.4, 0.5) is 0 Å². The molecule has 142 valence electrons. The lowest BCUT2D eigenvalue weighted by atomic mass is 9.87. The number of carbonyl (C=O) groups excluding carboxylic acids is 1. The Bertz CT molecular complexity index is 452. The van der Waals surface area contributed by atoms with Gasteiger partial charge in [0.05, 0.1) is 18.8 Å². The van der Waals surface area contributed by atoms with Crippen molar-refractivity contribution in [3.63, 3.8) is 0 Å². The first-order chi connectivity index (χ1) is 12.2. The zero-order valence-electron chi connectivity index (χ0n) is 15.6. The molecule has 2 heterocycles. The summed E-state index contributed by atoms with van der Waals surface area (Å²) >= 11 is 0. The van der Waals surface area contributed by atoms with Crippen LogP contribution in [0, 0.1) is 5.92 Å². The molecule has 5 nitrogen and oxygen atoms in total. The molecule has 1 spiro atoms. The molecule has 2 saturated heterocycles. The Morgan fingerprint density at radius 3 is 2.52 bits per heavy atom. The molecule has 2 aliphatic heterocycles. The number of carbonyl (C=O) groups is 1. The second-order valence-corrected chi connectivity index (χ2v) is 8.92. The Morgan fingerprint density at radius 2 is 1.80 bits per heavy atom. The Hall–Kier alpha value is -0.650. The molecule has 0 radical (unpaired) electrons. The maximum absolute atomic E-state index is 12.3.